The van der Waals surface area contributed by atoms with E-state index in [-0.39, 0.29) is 17.6 Å². The second-order valence-electron chi connectivity index (χ2n) is 7.28. The number of carbonyl (C=O) groups excluding carboxylic acids is 1. The Morgan fingerprint density at radius 3 is 3.08 bits per heavy atom. The number of hydrogen-bond acceptors (Lipinski definition) is 4. The van der Waals surface area contributed by atoms with Crippen LogP contribution in [0.5, 0.6) is 0 Å². The standard InChI is InChI=1S/C19H28N2O3/c1-14(2)23-12-16-7-5-9-19(16)13-21(10-11-24-19)18(22)17-8-4-6-15(3)20-17/h4,6,8,14,16H,5,7,9-13H2,1-3H3/t16-,19+/m1/s1. The average Bonchev–Trinajstić information content (AvgIpc) is 2.94. The summed E-state index contributed by atoms with van der Waals surface area (Å²) in [7, 11) is 0. The molecule has 5 heteroatoms. The maximum atomic E-state index is 12.8. The van der Waals surface area contributed by atoms with Crippen molar-refractivity contribution in [2.45, 2.75) is 51.7 Å². The van der Waals surface area contributed by atoms with Crippen LogP contribution in [-0.2, 0) is 9.47 Å². The Balaban J connectivity index is 1.72. The van der Waals surface area contributed by atoms with Crippen molar-refractivity contribution >= 4 is 5.91 Å². The predicted octanol–water partition coefficient (Wildman–Crippen LogP) is 2.83. The molecule has 2 heterocycles. The zero-order chi connectivity index (χ0) is 17.2. The summed E-state index contributed by atoms with van der Waals surface area (Å²) in [6.07, 6.45) is 3.47. The Labute approximate surface area is 144 Å². The first kappa shape index (κ1) is 17.4. The van der Waals surface area contributed by atoms with Crippen LogP contribution in [0.4, 0.5) is 0 Å². The molecule has 2 atom stereocenters. The van der Waals surface area contributed by atoms with Gasteiger partial charge in [-0.15, -0.1) is 0 Å². The zero-order valence-electron chi connectivity index (χ0n) is 15.0. The molecule has 1 amide bonds. The van der Waals surface area contributed by atoms with Crippen LogP contribution in [0.3, 0.4) is 0 Å². The molecule has 1 aliphatic carbocycles. The van der Waals surface area contributed by atoms with Crippen molar-refractivity contribution in [2.75, 3.05) is 26.3 Å². The van der Waals surface area contributed by atoms with Gasteiger partial charge in [0.2, 0.25) is 0 Å². The van der Waals surface area contributed by atoms with Crippen molar-refractivity contribution in [1.82, 2.24) is 9.88 Å². The van der Waals surface area contributed by atoms with Gasteiger partial charge in [-0.3, -0.25) is 4.79 Å². The summed E-state index contributed by atoms with van der Waals surface area (Å²) in [6.45, 7) is 8.61. The van der Waals surface area contributed by atoms with Gasteiger partial charge >= 0.3 is 0 Å². The minimum Gasteiger partial charge on any atom is -0.378 e. The topological polar surface area (TPSA) is 51.7 Å². The lowest BCUT2D eigenvalue weighted by Crippen LogP contribution is -2.56. The van der Waals surface area contributed by atoms with Gasteiger partial charge in [-0.25, -0.2) is 4.98 Å². The van der Waals surface area contributed by atoms with Crippen molar-refractivity contribution in [3.8, 4) is 0 Å². The molecule has 0 radical (unpaired) electrons. The summed E-state index contributed by atoms with van der Waals surface area (Å²) >= 11 is 0. The molecule has 1 aromatic heterocycles. The fourth-order valence-corrected chi connectivity index (χ4v) is 3.86. The molecule has 0 aromatic carbocycles. The third-order valence-electron chi connectivity index (χ3n) is 5.13. The van der Waals surface area contributed by atoms with E-state index in [9.17, 15) is 4.79 Å². The van der Waals surface area contributed by atoms with Crippen LogP contribution >= 0.6 is 0 Å². The average molecular weight is 332 g/mol. The smallest absolute Gasteiger partial charge is 0.272 e. The lowest BCUT2D eigenvalue weighted by Gasteiger charge is -2.44. The molecule has 1 aromatic rings. The van der Waals surface area contributed by atoms with E-state index in [2.05, 4.69) is 18.8 Å². The Hall–Kier alpha value is -1.46. The van der Waals surface area contributed by atoms with E-state index in [1.165, 1.54) is 0 Å². The van der Waals surface area contributed by atoms with E-state index in [4.69, 9.17) is 9.47 Å². The predicted molar refractivity (Wildman–Crippen MR) is 92.0 cm³/mol. The summed E-state index contributed by atoms with van der Waals surface area (Å²) in [5, 5.41) is 0. The second kappa shape index (κ2) is 7.19. The van der Waals surface area contributed by atoms with E-state index in [0.29, 0.717) is 37.9 Å². The van der Waals surface area contributed by atoms with Gasteiger partial charge in [-0.2, -0.15) is 0 Å². The van der Waals surface area contributed by atoms with Crippen LogP contribution in [0.25, 0.3) is 0 Å². The van der Waals surface area contributed by atoms with Gasteiger partial charge in [0, 0.05) is 18.2 Å². The van der Waals surface area contributed by atoms with Crippen LogP contribution in [-0.4, -0.2) is 53.8 Å². The van der Waals surface area contributed by atoms with Crippen LogP contribution in [0, 0.1) is 12.8 Å². The number of pyridine rings is 1. The number of morpholine rings is 1. The molecule has 1 spiro atoms. The molecule has 0 N–H and O–H groups in total. The highest BCUT2D eigenvalue weighted by atomic mass is 16.5. The maximum Gasteiger partial charge on any atom is 0.272 e. The highest BCUT2D eigenvalue weighted by Gasteiger charge is 2.48. The van der Waals surface area contributed by atoms with Crippen LogP contribution in [0.1, 0.15) is 49.3 Å². The Morgan fingerprint density at radius 1 is 1.50 bits per heavy atom. The highest BCUT2D eigenvalue weighted by molar-refractivity contribution is 5.92. The molecule has 24 heavy (non-hydrogen) atoms. The lowest BCUT2D eigenvalue weighted by molar-refractivity contribution is -0.136. The number of rotatable bonds is 4. The molecule has 5 nitrogen and oxygen atoms in total. The number of ether oxygens (including phenoxy) is 2. The number of carbonyl (C=O) groups is 1. The summed E-state index contributed by atoms with van der Waals surface area (Å²) in [6, 6.07) is 5.60. The SMILES string of the molecule is Cc1cccc(C(=O)N2CCO[C@@]3(CCC[C@@H]3COC(C)C)C2)n1. The van der Waals surface area contributed by atoms with Gasteiger partial charge in [0.15, 0.2) is 0 Å². The van der Waals surface area contributed by atoms with E-state index in [1.807, 2.05) is 24.0 Å². The number of hydrogen-bond donors (Lipinski definition) is 0. The van der Waals surface area contributed by atoms with Crippen LogP contribution < -0.4 is 0 Å². The third kappa shape index (κ3) is 3.62. The number of aromatic nitrogens is 1. The van der Waals surface area contributed by atoms with Crippen LogP contribution in [0.15, 0.2) is 18.2 Å². The van der Waals surface area contributed by atoms with Crippen molar-refractivity contribution in [3.05, 3.63) is 29.6 Å². The molecular weight excluding hydrogens is 304 g/mol. The summed E-state index contributed by atoms with van der Waals surface area (Å²) in [5.74, 6) is 0.373. The molecule has 0 bridgehead atoms. The molecule has 1 saturated carbocycles. The maximum absolute atomic E-state index is 12.8. The largest absolute Gasteiger partial charge is 0.378 e. The summed E-state index contributed by atoms with van der Waals surface area (Å²) in [4.78, 5) is 19.1. The molecule has 1 saturated heterocycles. The first-order chi connectivity index (χ1) is 11.5. The molecule has 2 aliphatic rings. The molecule has 0 unspecified atom stereocenters. The van der Waals surface area contributed by atoms with Gasteiger partial charge < -0.3 is 14.4 Å². The molecular formula is C19H28N2O3. The monoisotopic (exact) mass is 332 g/mol. The molecule has 2 fully saturated rings. The summed E-state index contributed by atoms with van der Waals surface area (Å²) < 4.78 is 12.1. The van der Waals surface area contributed by atoms with Gasteiger partial charge in [-0.05, 0) is 45.7 Å². The van der Waals surface area contributed by atoms with Gasteiger partial charge in [0.05, 0.1) is 31.5 Å². The van der Waals surface area contributed by atoms with Gasteiger partial charge in [0.25, 0.3) is 5.91 Å². The number of aryl methyl sites for hydroxylation is 1. The fourth-order valence-electron chi connectivity index (χ4n) is 3.86. The van der Waals surface area contributed by atoms with E-state index in [1.54, 1.807) is 6.07 Å². The lowest BCUT2D eigenvalue weighted by atomic mass is 9.89. The molecule has 3 rings (SSSR count). The molecule has 1 aliphatic heterocycles. The summed E-state index contributed by atoms with van der Waals surface area (Å²) in [5.41, 5.74) is 1.15. The number of amides is 1. The Bertz CT molecular complexity index is 590. The van der Waals surface area contributed by atoms with Gasteiger partial charge in [-0.1, -0.05) is 12.5 Å². The van der Waals surface area contributed by atoms with Crippen LogP contribution in [0.2, 0.25) is 0 Å². The third-order valence-corrected chi connectivity index (χ3v) is 5.13. The van der Waals surface area contributed by atoms with Crippen molar-refractivity contribution in [3.63, 3.8) is 0 Å². The van der Waals surface area contributed by atoms with Gasteiger partial charge in [0.1, 0.15) is 5.69 Å². The van der Waals surface area contributed by atoms with Crippen molar-refractivity contribution in [1.29, 1.82) is 0 Å². The first-order valence-corrected chi connectivity index (χ1v) is 8.99. The minimum absolute atomic E-state index is 0.0109. The number of nitrogens with zero attached hydrogens (tertiary/aromatic N) is 2. The Kier molecular flexibility index (Phi) is 5.21. The first-order valence-electron chi connectivity index (χ1n) is 8.99. The second-order valence-corrected chi connectivity index (χ2v) is 7.28. The van der Waals surface area contributed by atoms with E-state index in [0.717, 1.165) is 25.0 Å². The van der Waals surface area contributed by atoms with Crippen molar-refractivity contribution < 1.29 is 14.3 Å². The minimum atomic E-state index is -0.243. The zero-order valence-corrected chi connectivity index (χ0v) is 15.0. The van der Waals surface area contributed by atoms with Crippen molar-refractivity contribution in [2.24, 2.45) is 5.92 Å². The van der Waals surface area contributed by atoms with E-state index < -0.39 is 0 Å². The normalized spacial score (nSPS) is 27.2. The highest BCUT2D eigenvalue weighted by Crippen LogP contribution is 2.41. The Morgan fingerprint density at radius 2 is 2.33 bits per heavy atom. The quantitative estimate of drug-likeness (QED) is 0.851. The molecule has 132 valence electrons. The fraction of sp³-hybridized carbons (Fsp3) is 0.684. The van der Waals surface area contributed by atoms with E-state index >= 15 is 0 Å².